The van der Waals surface area contributed by atoms with Gasteiger partial charge < -0.3 is 9.52 Å². The van der Waals surface area contributed by atoms with E-state index in [4.69, 9.17) is 9.52 Å². The lowest BCUT2D eigenvalue weighted by Gasteiger charge is -1.85. The Hall–Kier alpha value is -1.83. The molecule has 7 nitrogen and oxygen atoms in total. The van der Waals surface area contributed by atoms with Crippen LogP contribution < -0.4 is 0 Å². The van der Waals surface area contributed by atoms with Crippen LogP contribution in [-0.2, 0) is 0 Å². The molecule has 0 aliphatic rings. The molecule has 8 heteroatoms. The number of carboxylic acids is 1. The number of aromatic carboxylic acids is 1. The molecule has 2 aromatic heterocycles. The van der Waals surface area contributed by atoms with Crippen molar-refractivity contribution in [1.82, 2.24) is 19.8 Å². The van der Waals surface area contributed by atoms with Gasteiger partial charge in [-0.15, -0.1) is 15.3 Å². The number of rotatable bonds is 2. The van der Waals surface area contributed by atoms with Crippen molar-refractivity contribution < 1.29 is 14.3 Å². The molecule has 0 unspecified atom stereocenters. The monoisotopic (exact) mass is 212 g/mol. The Morgan fingerprint density at radius 3 is 2.71 bits per heavy atom. The lowest BCUT2D eigenvalue weighted by molar-refractivity contribution is 0.0654. The predicted molar refractivity (Wildman–Crippen MR) is 44.9 cm³/mol. The molecule has 0 radical (unpaired) electrons. The molecule has 72 valence electrons. The van der Waals surface area contributed by atoms with Gasteiger partial charge in [-0.05, 0) is 18.5 Å². The summed E-state index contributed by atoms with van der Waals surface area (Å²) in [6.45, 7) is 1.73. The van der Waals surface area contributed by atoms with Crippen LogP contribution in [0.15, 0.2) is 4.42 Å². The largest absolute Gasteiger partial charge is 0.474 e. The van der Waals surface area contributed by atoms with Gasteiger partial charge in [0, 0.05) is 0 Å². The van der Waals surface area contributed by atoms with Crippen LogP contribution in [0.3, 0.4) is 0 Å². The third-order valence-electron chi connectivity index (χ3n) is 1.45. The highest BCUT2D eigenvalue weighted by Crippen LogP contribution is 2.23. The third kappa shape index (κ3) is 1.35. The zero-order valence-electron chi connectivity index (χ0n) is 6.96. The van der Waals surface area contributed by atoms with Gasteiger partial charge in [0.15, 0.2) is 0 Å². The average molecular weight is 212 g/mol. The normalized spacial score (nSPS) is 10.4. The summed E-state index contributed by atoms with van der Waals surface area (Å²) in [7, 11) is 0. The lowest BCUT2D eigenvalue weighted by Crippen LogP contribution is -1.95. The molecule has 2 heterocycles. The minimum absolute atomic E-state index is 0.134. The van der Waals surface area contributed by atoms with E-state index in [1.165, 1.54) is 0 Å². The fraction of sp³-hybridized carbons (Fsp3) is 0.167. The maximum absolute atomic E-state index is 10.4. The van der Waals surface area contributed by atoms with Crippen molar-refractivity contribution in [1.29, 1.82) is 0 Å². The van der Waals surface area contributed by atoms with Crippen molar-refractivity contribution in [2.45, 2.75) is 6.92 Å². The van der Waals surface area contributed by atoms with Crippen LogP contribution in [0.25, 0.3) is 10.8 Å². The maximum Gasteiger partial charge on any atom is 0.393 e. The summed E-state index contributed by atoms with van der Waals surface area (Å²) in [6, 6.07) is 0. The number of hydrogen-bond acceptors (Lipinski definition) is 7. The summed E-state index contributed by atoms with van der Waals surface area (Å²) in [4.78, 5) is 11.0. The second-order valence-electron chi connectivity index (χ2n) is 2.40. The third-order valence-corrected chi connectivity index (χ3v) is 2.27. The minimum Gasteiger partial charge on any atom is -0.474 e. The van der Waals surface area contributed by atoms with E-state index in [2.05, 4.69) is 19.8 Å². The zero-order chi connectivity index (χ0) is 10.1. The molecule has 0 spiro atoms. The first-order valence-electron chi connectivity index (χ1n) is 3.54. The van der Waals surface area contributed by atoms with E-state index in [1.807, 2.05) is 0 Å². The Bertz CT molecular complexity index is 477. The van der Waals surface area contributed by atoms with Crippen molar-refractivity contribution >= 4 is 17.5 Å². The SMILES string of the molecule is Cc1nnsc1-c1nnc(C(=O)O)o1. The van der Waals surface area contributed by atoms with Gasteiger partial charge in [-0.3, -0.25) is 0 Å². The topological polar surface area (TPSA) is 102 Å². The number of nitrogens with zero attached hydrogens (tertiary/aromatic N) is 4. The van der Waals surface area contributed by atoms with Gasteiger partial charge in [-0.2, -0.15) is 0 Å². The summed E-state index contributed by atoms with van der Waals surface area (Å²) < 4.78 is 8.55. The molecule has 0 atom stereocenters. The fourth-order valence-corrected chi connectivity index (χ4v) is 1.41. The standard InChI is InChI=1S/C6H4N4O3S/c1-2-3(14-10-7-2)4-8-9-5(13-4)6(11)12/h1H3,(H,11,12). The molecule has 0 bridgehead atoms. The summed E-state index contributed by atoms with van der Waals surface area (Å²) in [5.74, 6) is -1.55. The smallest absolute Gasteiger partial charge is 0.393 e. The molecule has 2 aromatic rings. The summed E-state index contributed by atoms with van der Waals surface area (Å²) in [6.07, 6.45) is 0. The number of hydrogen-bond donors (Lipinski definition) is 1. The predicted octanol–water partition coefficient (Wildman–Crippen LogP) is 0.595. The van der Waals surface area contributed by atoms with E-state index in [-0.39, 0.29) is 5.89 Å². The number of carbonyl (C=O) groups is 1. The highest BCUT2D eigenvalue weighted by molar-refractivity contribution is 7.09. The molecule has 0 saturated heterocycles. The molecule has 14 heavy (non-hydrogen) atoms. The van der Waals surface area contributed by atoms with Crippen LogP contribution in [0.5, 0.6) is 0 Å². The fourth-order valence-electron chi connectivity index (χ4n) is 0.829. The molecular weight excluding hydrogens is 208 g/mol. The Morgan fingerprint density at radius 1 is 1.43 bits per heavy atom. The van der Waals surface area contributed by atoms with Crippen molar-refractivity contribution in [3.63, 3.8) is 0 Å². The number of aryl methyl sites for hydroxylation is 1. The maximum atomic E-state index is 10.4. The molecule has 2 rings (SSSR count). The Balaban J connectivity index is 2.43. The summed E-state index contributed by atoms with van der Waals surface area (Å²) >= 11 is 1.08. The van der Waals surface area contributed by atoms with Crippen molar-refractivity contribution in [3.8, 4) is 10.8 Å². The van der Waals surface area contributed by atoms with Crippen molar-refractivity contribution in [2.75, 3.05) is 0 Å². The second-order valence-corrected chi connectivity index (χ2v) is 3.16. The van der Waals surface area contributed by atoms with Crippen LogP contribution >= 0.6 is 11.5 Å². The molecular formula is C6H4N4O3S. The van der Waals surface area contributed by atoms with Gasteiger partial charge in [0.05, 0.1) is 5.69 Å². The van der Waals surface area contributed by atoms with E-state index < -0.39 is 11.9 Å². The molecule has 0 aliphatic heterocycles. The Morgan fingerprint density at radius 2 is 2.21 bits per heavy atom. The Labute approximate surface area is 81.6 Å². The van der Waals surface area contributed by atoms with Crippen LogP contribution in [-0.4, -0.2) is 30.9 Å². The van der Waals surface area contributed by atoms with E-state index >= 15 is 0 Å². The summed E-state index contributed by atoms with van der Waals surface area (Å²) in [5.41, 5.74) is 0.635. The summed E-state index contributed by atoms with van der Waals surface area (Å²) in [5, 5.41) is 19.2. The molecule has 1 N–H and O–H groups in total. The molecule has 0 fully saturated rings. The number of aromatic nitrogens is 4. The highest BCUT2D eigenvalue weighted by Gasteiger charge is 2.17. The first-order chi connectivity index (χ1) is 6.68. The van der Waals surface area contributed by atoms with Gasteiger partial charge in [0.25, 0.3) is 5.89 Å². The minimum atomic E-state index is -1.25. The average Bonchev–Trinajstić information content (AvgIpc) is 2.71. The van der Waals surface area contributed by atoms with E-state index in [0.29, 0.717) is 10.6 Å². The zero-order valence-corrected chi connectivity index (χ0v) is 7.78. The lowest BCUT2D eigenvalue weighted by atomic mass is 10.4. The highest BCUT2D eigenvalue weighted by atomic mass is 32.1. The van der Waals surface area contributed by atoms with Gasteiger partial charge >= 0.3 is 11.9 Å². The first kappa shape index (κ1) is 8.75. The molecule has 0 amide bonds. The van der Waals surface area contributed by atoms with E-state index in [9.17, 15) is 4.79 Å². The first-order valence-corrected chi connectivity index (χ1v) is 4.32. The second kappa shape index (κ2) is 3.14. The van der Waals surface area contributed by atoms with E-state index in [0.717, 1.165) is 11.5 Å². The molecule has 0 aliphatic carbocycles. The van der Waals surface area contributed by atoms with Gasteiger partial charge in [0.1, 0.15) is 4.88 Å². The van der Waals surface area contributed by atoms with Crippen LogP contribution in [0.4, 0.5) is 0 Å². The van der Waals surface area contributed by atoms with Crippen molar-refractivity contribution in [3.05, 3.63) is 11.6 Å². The van der Waals surface area contributed by atoms with Gasteiger partial charge in [-0.1, -0.05) is 4.49 Å². The Kier molecular flexibility index (Phi) is 1.97. The van der Waals surface area contributed by atoms with E-state index in [1.54, 1.807) is 6.92 Å². The van der Waals surface area contributed by atoms with Gasteiger partial charge in [0.2, 0.25) is 0 Å². The van der Waals surface area contributed by atoms with Crippen LogP contribution in [0.2, 0.25) is 0 Å². The quantitative estimate of drug-likeness (QED) is 0.777. The van der Waals surface area contributed by atoms with Crippen LogP contribution in [0, 0.1) is 6.92 Å². The molecule has 0 saturated carbocycles. The van der Waals surface area contributed by atoms with Gasteiger partial charge in [-0.25, -0.2) is 4.79 Å². The molecule has 0 aromatic carbocycles. The van der Waals surface area contributed by atoms with Crippen LogP contribution in [0.1, 0.15) is 16.4 Å². The van der Waals surface area contributed by atoms with Crippen molar-refractivity contribution in [2.24, 2.45) is 0 Å². The number of carboxylic acid groups (broad SMARTS) is 1.